The van der Waals surface area contributed by atoms with Crippen LogP contribution in [-0.2, 0) is 0 Å². The topological polar surface area (TPSA) is 45.9 Å². The lowest BCUT2D eigenvalue weighted by Gasteiger charge is -2.09. The second-order valence-electron chi connectivity index (χ2n) is 4.54. The van der Waals surface area contributed by atoms with Gasteiger partial charge < -0.3 is 4.74 Å². The van der Waals surface area contributed by atoms with Crippen LogP contribution in [0.2, 0.25) is 0 Å². The van der Waals surface area contributed by atoms with Gasteiger partial charge in [-0.2, -0.15) is 5.26 Å². The fourth-order valence-corrected chi connectivity index (χ4v) is 2.10. The molecule has 0 saturated carbocycles. The molecule has 0 amide bonds. The van der Waals surface area contributed by atoms with E-state index in [2.05, 4.69) is 11.1 Å². The van der Waals surface area contributed by atoms with Crippen molar-refractivity contribution in [3.05, 3.63) is 65.9 Å². The zero-order chi connectivity index (χ0) is 13.9. The van der Waals surface area contributed by atoms with Crippen molar-refractivity contribution in [1.29, 1.82) is 5.26 Å². The summed E-state index contributed by atoms with van der Waals surface area (Å²) in [5, 5.41) is 10.2. The van der Waals surface area contributed by atoms with E-state index in [0.717, 1.165) is 16.5 Å². The average Bonchev–Trinajstić information content (AvgIpc) is 2.49. The average molecular weight is 260 g/mol. The molecule has 20 heavy (non-hydrogen) atoms. The molecule has 0 aliphatic carbocycles. The van der Waals surface area contributed by atoms with Gasteiger partial charge in [0.2, 0.25) is 0 Å². The van der Waals surface area contributed by atoms with E-state index in [0.29, 0.717) is 17.1 Å². The van der Waals surface area contributed by atoms with E-state index in [1.54, 1.807) is 6.20 Å². The molecule has 0 atom stereocenters. The van der Waals surface area contributed by atoms with Crippen molar-refractivity contribution in [3.63, 3.8) is 0 Å². The maximum absolute atomic E-state index is 9.19. The van der Waals surface area contributed by atoms with E-state index >= 15 is 0 Å². The smallest absolute Gasteiger partial charge is 0.153 e. The van der Waals surface area contributed by atoms with Crippen molar-refractivity contribution >= 4 is 10.9 Å². The number of nitriles is 1. The Morgan fingerprint density at radius 2 is 1.90 bits per heavy atom. The summed E-state index contributed by atoms with van der Waals surface area (Å²) in [4.78, 5) is 4.34. The first-order chi connectivity index (χ1) is 9.78. The highest BCUT2D eigenvalue weighted by molar-refractivity contribution is 5.84. The number of nitrogens with zero attached hydrogens (tertiary/aromatic N) is 2. The van der Waals surface area contributed by atoms with Crippen LogP contribution >= 0.6 is 0 Å². The number of hydrogen-bond acceptors (Lipinski definition) is 3. The predicted octanol–water partition coefficient (Wildman–Crippen LogP) is 4.21. The summed E-state index contributed by atoms with van der Waals surface area (Å²) in [6, 6.07) is 17.3. The third kappa shape index (κ3) is 2.19. The molecule has 1 heterocycles. The summed E-state index contributed by atoms with van der Waals surface area (Å²) in [5.74, 6) is 1.21. The van der Waals surface area contributed by atoms with Gasteiger partial charge in [-0.05, 0) is 36.8 Å². The summed E-state index contributed by atoms with van der Waals surface area (Å²) < 4.78 is 5.88. The number of hydrogen-bond donors (Lipinski definition) is 0. The van der Waals surface area contributed by atoms with Crippen LogP contribution in [-0.4, -0.2) is 4.98 Å². The minimum absolute atomic E-state index is 0.526. The quantitative estimate of drug-likeness (QED) is 0.693. The van der Waals surface area contributed by atoms with E-state index in [1.165, 1.54) is 0 Å². The molecule has 3 rings (SSSR count). The molecule has 0 N–H and O–H groups in total. The lowest BCUT2D eigenvalue weighted by molar-refractivity contribution is 0.485. The Balaban J connectivity index is 2.08. The molecular weight excluding hydrogens is 248 g/mol. The van der Waals surface area contributed by atoms with Gasteiger partial charge >= 0.3 is 0 Å². The van der Waals surface area contributed by atoms with Crippen molar-refractivity contribution in [2.45, 2.75) is 6.92 Å². The molecule has 0 unspecified atom stereocenters. The van der Waals surface area contributed by atoms with E-state index < -0.39 is 0 Å². The highest BCUT2D eigenvalue weighted by atomic mass is 16.5. The van der Waals surface area contributed by atoms with Crippen molar-refractivity contribution in [3.8, 4) is 17.6 Å². The van der Waals surface area contributed by atoms with Gasteiger partial charge in [-0.1, -0.05) is 24.3 Å². The number of pyridine rings is 1. The molecule has 0 aliphatic heterocycles. The number of rotatable bonds is 2. The fourth-order valence-electron chi connectivity index (χ4n) is 2.10. The monoisotopic (exact) mass is 260 g/mol. The lowest BCUT2D eigenvalue weighted by atomic mass is 10.1. The molecule has 3 nitrogen and oxygen atoms in total. The van der Waals surface area contributed by atoms with E-state index in [1.807, 2.05) is 55.5 Å². The van der Waals surface area contributed by atoms with Gasteiger partial charge in [0, 0.05) is 11.6 Å². The highest BCUT2D eigenvalue weighted by Crippen LogP contribution is 2.30. The number of aromatic nitrogens is 1. The highest BCUT2D eigenvalue weighted by Gasteiger charge is 2.08. The molecule has 0 saturated heterocycles. The first-order valence-corrected chi connectivity index (χ1v) is 6.30. The summed E-state index contributed by atoms with van der Waals surface area (Å²) >= 11 is 0. The third-order valence-corrected chi connectivity index (χ3v) is 3.07. The Hall–Kier alpha value is -2.86. The molecule has 0 fully saturated rings. The minimum Gasteiger partial charge on any atom is -0.454 e. The first-order valence-electron chi connectivity index (χ1n) is 6.30. The van der Waals surface area contributed by atoms with Crippen molar-refractivity contribution in [1.82, 2.24) is 4.98 Å². The van der Waals surface area contributed by atoms with Gasteiger partial charge in [-0.15, -0.1) is 0 Å². The number of fused-ring (bicyclic) bond motifs is 1. The van der Waals surface area contributed by atoms with Crippen molar-refractivity contribution < 1.29 is 4.74 Å². The molecule has 0 bridgehead atoms. The molecule has 0 spiro atoms. The van der Waals surface area contributed by atoms with E-state index in [9.17, 15) is 5.26 Å². The largest absolute Gasteiger partial charge is 0.454 e. The summed E-state index contributed by atoms with van der Waals surface area (Å²) in [5.41, 5.74) is 2.35. The van der Waals surface area contributed by atoms with Gasteiger partial charge in [-0.25, -0.2) is 0 Å². The Morgan fingerprint density at radius 3 is 2.75 bits per heavy atom. The molecule has 0 aliphatic rings. The van der Waals surface area contributed by atoms with Crippen LogP contribution in [0.5, 0.6) is 11.5 Å². The van der Waals surface area contributed by atoms with Crippen molar-refractivity contribution in [2.75, 3.05) is 0 Å². The maximum Gasteiger partial charge on any atom is 0.153 e. The van der Waals surface area contributed by atoms with Crippen LogP contribution in [0.3, 0.4) is 0 Å². The van der Waals surface area contributed by atoms with Crippen LogP contribution in [0, 0.1) is 18.3 Å². The second kappa shape index (κ2) is 5.02. The Morgan fingerprint density at radius 1 is 1.05 bits per heavy atom. The van der Waals surface area contributed by atoms with E-state index in [4.69, 9.17) is 4.74 Å². The molecule has 0 radical (unpaired) electrons. The van der Waals surface area contributed by atoms with Crippen LogP contribution in [0.1, 0.15) is 11.1 Å². The molecule has 3 heteroatoms. The van der Waals surface area contributed by atoms with Crippen molar-refractivity contribution in [2.24, 2.45) is 0 Å². The standard InChI is InChI=1S/C17H12N2O/c1-12-7-8-15(14(10-12)11-18)20-16-6-2-4-13-5-3-9-19-17(13)16/h2-10H,1H3. The van der Waals surface area contributed by atoms with Crippen LogP contribution < -0.4 is 4.74 Å². The zero-order valence-electron chi connectivity index (χ0n) is 11.0. The number of benzene rings is 2. The van der Waals surface area contributed by atoms with Gasteiger partial charge in [0.25, 0.3) is 0 Å². The van der Waals surface area contributed by atoms with Crippen LogP contribution in [0.4, 0.5) is 0 Å². The maximum atomic E-state index is 9.19. The molecule has 2 aromatic carbocycles. The second-order valence-corrected chi connectivity index (χ2v) is 4.54. The summed E-state index contributed by atoms with van der Waals surface area (Å²) in [7, 11) is 0. The molecule has 96 valence electrons. The Kier molecular flexibility index (Phi) is 3.06. The zero-order valence-corrected chi connectivity index (χ0v) is 11.0. The van der Waals surface area contributed by atoms with Gasteiger partial charge in [0.15, 0.2) is 5.75 Å². The van der Waals surface area contributed by atoms with E-state index in [-0.39, 0.29) is 0 Å². The fraction of sp³-hybridized carbons (Fsp3) is 0.0588. The normalized spacial score (nSPS) is 10.2. The van der Waals surface area contributed by atoms with Crippen LogP contribution in [0.25, 0.3) is 10.9 Å². The van der Waals surface area contributed by atoms with Gasteiger partial charge in [0.05, 0.1) is 5.56 Å². The number of ether oxygens (including phenoxy) is 1. The molecular formula is C17H12N2O. The molecule has 3 aromatic rings. The number of para-hydroxylation sites is 1. The van der Waals surface area contributed by atoms with Crippen LogP contribution in [0.15, 0.2) is 54.7 Å². The van der Waals surface area contributed by atoms with Gasteiger partial charge in [-0.3, -0.25) is 4.98 Å². The van der Waals surface area contributed by atoms with Gasteiger partial charge in [0.1, 0.15) is 17.3 Å². The summed E-state index contributed by atoms with van der Waals surface area (Å²) in [6.45, 7) is 1.95. The minimum atomic E-state index is 0.526. The summed E-state index contributed by atoms with van der Waals surface area (Å²) in [6.07, 6.45) is 1.73. The predicted molar refractivity (Wildman–Crippen MR) is 77.7 cm³/mol. The Bertz CT molecular complexity index is 813. The first kappa shape index (κ1) is 12.2. The SMILES string of the molecule is Cc1ccc(Oc2cccc3cccnc23)c(C#N)c1. The lowest BCUT2D eigenvalue weighted by Crippen LogP contribution is -1.91. The molecule has 1 aromatic heterocycles. The number of aryl methyl sites for hydroxylation is 1. The third-order valence-electron chi connectivity index (χ3n) is 3.07. The Labute approximate surface area is 117 Å².